The molecule has 5 heteroatoms. The van der Waals surface area contributed by atoms with Gasteiger partial charge < -0.3 is 9.84 Å². The first-order valence-corrected chi connectivity index (χ1v) is 8.70. The molecule has 1 heterocycles. The molecule has 0 aliphatic carbocycles. The highest BCUT2D eigenvalue weighted by atomic mass is 16.5. The van der Waals surface area contributed by atoms with Crippen molar-refractivity contribution in [2.24, 2.45) is 0 Å². The van der Waals surface area contributed by atoms with Crippen molar-refractivity contribution >= 4 is 5.97 Å². The van der Waals surface area contributed by atoms with Crippen LogP contribution in [0.5, 0.6) is 0 Å². The number of hydrogen-bond acceptors (Lipinski definition) is 4. The van der Waals surface area contributed by atoms with E-state index in [0.29, 0.717) is 25.3 Å². The molecule has 1 N–H and O–H groups in total. The molecular formula is C21H22N2O3. The van der Waals surface area contributed by atoms with Crippen LogP contribution in [0.1, 0.15) is 28.5 Å². The number of benzene rings is 2. The summed E-state index contributed by atoms with van der Waals surface area (Å²) < 4.78 is 6.86. The number of aliphatic hydroxyl groups excluding tert-OH is 1. The summed E-state index contributed by atoms with van der Waals surface area (Å²) in [5, 5.41) is 13.7. The van der Waals surface area contributed by atoms with Gasteiger partial charge in [0.1, 0.15) is 5.69 Å². The summed E-state index contributed by atoms with van der Waals surface area (Å²) in [4.78, 5) is 12.3. The molecule has 0 radical (unpaired) electrons. The molecule has 0 saturated carbocycles. The van der Waals surface area contributed by atoms with Crippen LogP contribution in [0.25, 0.3) is 11.3 Å². The van der Waals surface area contributed by atoms with E-state index in [1.165, 1.54) is 0 Å². The minimum atomic E-state index is -0.376. The van der Waals surface area contributed by atoms with Crippen molar-refractivity contribution in [2.45, 2.75) is 19.9 Å². The predicted octanol–water partition coefficient (Wildman–Crippen LogP) is 3.31. The molecule has 134 valence electrons. The van der Waals surface area contributed by atoms with E-state index in [1.807, 2.05) is 54.6 Å². The van der Waals surface area contributed by atoms with Gasteiger partial charge in [-0.2, -0.15) is 5.10 Å². The van der Waals surface area contributed by atoms with E-state index in [4.69, 9.17) is 9.84 Å². The lowest BCUT2D eigenvalue weighted by atomic mass is 10.1. The molecule has 0 bridgehead atoms. The number of rotatable bonds is 7. The highest BCUT2D eigenvalue weighted by Gasteiger charge is 2.17. The van der Waals surface area contributed by atoms with Crippen LogP contribution in [0.15, 0.2) is 60.7 Å². The van der Waals surface area contributed by atoms with Crippen molar-refractivity contribution in [2.75, 3.05) is 13.2 Å². The average molecular weight is 350 g/mol. The summed E-state index contributed by atoms with van der Waals surface area (Å²) in [7, 11) is 0. The van der Waals surface area contributed by atoms with Gasteiger partial charge in [-0.3, -0.25) is 4.68 Å². The monoisotopic (exact) mass is 350 g/mol. The molecule has 3 aromatic rings. The van der Waals surface area contributed by atoms with Gasteiger partial charge in [-0.05, 0) is 30.5 Å². The van der Waals surface area contributed by atoms with Gasteiger partial charge in [-0.15, -0.1) is 0 Å². The minimum Gasteiger partial charge on any atom is -0.461 e. The van der Waals surface area contributed by atoms with Crippen molar-refractivity contribution in [3.63, 3.8) is 0 Å². The van der Waals surface area contributed by atoms with Crippen LogP contribution in [0.4, 0.5) is 0 Å². The lowest BCUT2D eigenvalue weighted by Crippen LogP contribution is -2.14. The van der Waals surface area contributed by atoms with Gasteiger partial charge in [0.2, 0.25) is 0 Å². The zero-order valence-corrected chi connectivity index (χ0v) is 14.8. The lowest BCUT2D eigenvalue weighted by molar-refractivity contribution is 0.0512. The largest absolute Gasteiger partial charge is 0.461 e. The number of aromatic nitrogens is 2. The zero-order chi connectivity index (χ0) is 18.4. The summed E-state index contributed by atoms with van der Waals surface area (Å²) in [5.74, 6) is -0.376. The Labute approximate surface area is 152 Å². The third-order valence-corrected chi connectivity index (χ3v) is 4.09. The first-order chi connectivity index (χ1) is 12.7. The molecule has 0 aliphatic heterocycles. The number of esters is 1. The summed E-state index contributed by atoms with van der Waals surface area (Å²) in [6.07, 6.45) is 0.622. The van der Waals surface area contributed by atoms with Crippen LogP contribution < -0.4 is 0 Å². The van der Waals surface area contributed by atoms with Crippen LogP contribution in [0, 0.1) is 0 Å². The van der Waals surface area contributed by atoms with Crippen LogP contribution in [-0.2, 0) is 17.7 Å². The molecule has 0 unspecified atom stereocenters. The van der Waals surface area contributed by atoms with Gasteiger partial charge in [0.25, 0.3) is 0 Å². The number of ether oxygens (including phenoxy) is 1. The second-order valence-corrected chi connectivity index (χ2v) is 5.95. The molecule has 1 aromatic heterocycles. The van der Waals surface area contributed by atoms with Gasteiger partial charge in [0, 0.05) is 12.2 Å². The van der Waals surface area contributed by atoms with Gasteiger partial charge in [-0.25, -0.2) is 4.79 Å². The Bertz CT molecular complexity index is 855. The zero-order valence-electron chi connectivity index (χ0n) is 14.8. The van der Waals surface area contributed by atoms with Crippen molar-refractivity contribution in [1.29, 1.82) is 0 Å². The molecule has 0 aliphatic rings. The summed E-state index contributed by atoms with van der Waals surface area (Å²) in [6.45, 7) is 2.73. The maximum atomic E-state index is 12.3. The van der Waals surface area contributed by atoms with E-state index in [-0.39, 0.29) is 12.6 Å². The summed E-state index contributed by atoms with van der Waals surface area (Å²) in [6, 6.07) is 19.5. The van der Waals surface area contributed by atoms with Crippen LogP contribution in [0.2, 0.25) is 0 Å². The number of nitrogens with zero attached hydrogens (tertiary/aromatic N) is 2. The quantitative estimate of drug-likeness (QED) is 0.664. The molecule has 0 spiro atoms. The fourth-order valence-electron chi connectivity index (χ4n) is 2.78. The van der Waals surface area contributed by atoms with E-state index >= 15 is 0 Å². The third kappa shape index (κ3) is 4.18. The van der Waals surface area contributed by atoms with Gasteiger partial charge in [0.05, 0.1) is 18.8 Å². The van der Waals surface area contributed by atoms with Crippen molar-refractivity contribution in [1.82, 2.24) is 9.78 Å². The Hall–Kier alpha value is -2.92. The van der Waals surface area contributed by atoms with Gasteiger partial charge in [-0.1, -0.05) is 54.6 Å². The summed E-state index contributed by atoms with van der Waals surface area (Å²) in [5.41, 5.74) is 4.20. The maximum Gasteiger partial charge on any atom is 0.356 e. The van der Waals surface area contributed by atoms with Crippen LogP contribution in [-0.4, -0.2) is 34.1 Å². The number of carbonyl (C=O) groups is 1. The van der Waals surface area contributed by atoms with Crippen molar-refractivity contribution in [3.8, 4) is 11.3 Å². The third-order valence-electron chi connectivity index (χ3n) is 4.09. The van der Waals surface area contributed by atoms with E-state index in [9.17, 15) is 4.79 Å². The van der Waals surface area contributed by atoms with Crippen LogP contribution >= 0.6 is 0 Å². The second kappa shape index (κ2) is 8.45. The number of hydrogen-bond donors (Lipinski definition) is 1. The standard InChI is InChI=1S/C21H22N2O3/c1-2-26-21(25)20-14-19(18-10-8-16(9-11-18)12-13-24)22-23(20)15-17-6-4-3-5-7-17/h3-11,14,24H,2,12-13,15H2,1H3. The van der Waals surface area contributed by atoms with E-state index in [2.05, 4.69) is 5.10 Å². The fourth-order valence-corrected chi connectivity index (χ4v) is 2.78. The molecule has 0 atom stereocenters. The lowest BCUT2D eigenvalue weighted by Gasteiger charge is -2.06. The second-order valence-electron chi connectivity index (χ2n) is 5.95. The SMILES string of the molecule is CCOC(=O)c1cc(-c2ccc(CCO)cc2)nn1Cc1ccccc1. The Kier molecular flexibility index (Phi) is 5.81. The Balaban J connectivity index is 1.93. The smallest absolute Gasteiger partial charge is 0.356 e. The summed E-state index contributed by atoms with van der Waals surface area (Å²) >= 11 is 0. The number of carbonyl (C=O) groups excluding carboxylic acids is 1. The molecule has 0 fully saturated rings. The van der Waals surface area contributed by atoms with Crippen molar-refractivity contribution in [3.05, 3.63) is 77.5 Å². The van der Waals surface area contributed by atoms with Crippen molar-refractivity contribution < 1.29 is 14.6 Å². The Morgan fingerprint density at radius 2 is 1.81 bits per heavy atom. The maximum absolute atomic E-state index is 12.3. The van der Waals surface area contributed by atoms with Crippen LogP contribution in [0.3, 0.4) is 0 Å². The molecule has 2 aromatic carbocycles. The first-order valence-electron chi connectivity index (χ1n) is 8.70. The highest BCUT2D eigenvalue weighted by molar-refractivity contribution is 5.89. The first kappa shape index (κ1) is 17.9. The Morgan fingerprint density at radius 3 is 2.46 bits per heavy atom. The highest BCUT2D eigenvalue weighted by Crippen LogP contribution is 2.21. The topological polar surface area (TPSA) is 64.3 Å². The number of aliphatic hydroxyl groups is 1. The van der Waals surface area contributed by atoms with E-state index < -0.39 is 0 Å². The molecular weight excluding hydrogens is 328 g/mol. The Morgan fingerprint density at radius 1 is 1.08 bits per heavy atom. The fraction of sp³-hybridized carbons (Fsp3) is 0.238. The van der Waals surface area contributed by atoms with E-state index in [0.717, 1.165) is 22.4 Å². The van der Waals surface area contributed by atoms with E-state index in [1.54, 1.807) is 17.7 Å². The van der Waals surface area contributed by atoms with Gasteiger partial charge in [0.15, 0.2) is 0 Å². The normalized spacial score (nSPS) is 10.7. The van der Waals surface area contributed by atoms with Gasteiger partial charge >= 0.3 is 5.97 Å². The molecule has 0 saturated heterocycles. The molecule has 3 rings (SSSR count). The predicted molar refractivity (Wildman–Crippen MR) is 100.0 cm³/mol. The average Bonchev–Trinajstić information content (AvgIpc) is 3.07. The minimum absolute atomic E-state index is 0.123. The molecule has 5 nitrogen and oxygen atoms in total. The molecule has 26 heavy (non-hydrogen) atoms. The molecule has 0 amide bonds.